The molecule has 0 atom stereocenters. The van der Waals surface area contributed by atoms with Crippen molar-refractivity contribution in [1.29, 1.82) is 0 Å². The molecule has 0 unspecified atom stereocenters. The summed E-state index contributed by atoms with van der Waals surface area (Å²) in [4.78, 5) is 11.3. The van der Waals surface area contributed by atoms with Crippen LogP contribution in [-0.4, -0.2) is 12.6 Å². The Labute approximate surface area is 80.7 Å². The Balaban J connectivity index is 2.10. The summed E-state index contributed by atoms with van der Waals surface area (Å²) in [5, 5.41) is 0. The van der Waals surface area contributed by atoms with Crippen molar-refractivity contribution < 1.29 is 9.53 Å². The molecule has 76 valence electrons. The Kier molecular flexibility index (Phi) is 3.34. The average Bonchev–Trinajstić information content (AvgIpc) is 1.78. The van der Waals surface area contributed by atoms with Gasteiger partial charge >= 0.3 is 5.97 Å². The maximum atomic E-state index is 11.3. The summed E-state index contributed by atoms with van der Waals surface area (Å²) in [5.74, 6) is 0.614. The van der Waals surface area contributed by atoms with E-state index in [1.165, 1.54) is 19.3 Å². The van der Waals surface area contributed by atoms with E-state index >= 15 is 0 Å². The van der Waals surface area contributed by atoms with Crippen LogP contribution in [-0.2, 0) is 9.53 Å². The van der Waals surface area contributed by atoms with Gasteiger partial charge in [0.1, 0.15) is 0 Å². The lowest BCUT2D eigenvalue weighted by Crippen LogP contribution is -2.22. The second-order valence-electron chi connectivity index (χ2n) is 5.22. The fraction of sp³-hybridized carbons (Fsp3) is 0.909. The molecule has 0 amide bonds. The van der Waals surface area contributed by atoms with Crippen molar-refractivity contribution in [2.24, 2.45) is 11.3 Å². The largest absolute Gasteiger partial charge is 0.465 e. The van der Waals surface area contributed by atoms with Gasteiger partial charge < -0.3 is 4.74 Å². The van der Waals surface area contributed by atoms with Crippen LogP contribution in [0.25, 0.3) is 0 Å². The van der Waals surface area contributed by atoms with Gasteiger partial charge in [0, 0.05) is 0 Å². The smallest absolute Gasteiger partial charge is 0.306 e. The summed E-state index contributed by atoms with van der Waals surface area (Å²) in [6.45, 7) is 6.81. The van der Waals surface area contributed by atoms with Gasteiger partial charge in [-0.15, -0.1) is 0 Å². The number of ether oxygens (including phenoxy) is 1. The molecule has 0 heterocycles. The minimum absolute atomic E-state index is 0.0422. The maximum absolute atomic E-state index is 11.3. The van der Waals surface area contributed by atoms with E-state index in [1.54, 1.807) is 0 Å². The summed E-state index contributed by atoms with van der Waals surface area (Å²) < 4.78 is 5.18. The number of hydrogen-bond acceptors (Lipinski definition) is 2. The third-order valence-corrected chi connectivity index (χ3v) is 2.38. The van der Waals surface area contributed by atoms with Crippen molar-refractivity contribution in [1.82, 2.24) is 0 Å². The van der Waals surface area contributed by atoms with Crippen LogP contribution in [0.15, 0.2) is 0 Å². The topological polar surface area (TPSA) is 26.3 Å². The highest BCUT2D eigenvalue weighted by Crippen LogP contribution is 2.27. The van der Waals surface area contributed by atoms with E-state index in [9.17, 15) is 4.79 Å². The van der Waals surface area contributed by atoms with Crippen LogP contribution in [0.5, 0.6) is 0 Å². The zero-order chi connectivity index (χ0) is 9.90. The molecule has 0 aliphatic heterocycles. The summed E-state index contributed by atoms with van der Waals surface area (Å²) >= 11 is 0. The van der Waals surface area contributed by atoms with Crippen LogP contribution in [0.2, 0.25) is 0 Å². The lowest BCUT2D eigenvalue weighted by molar-refractivity contribution is -0.147. The summed E-state index contributed by atoms with van der Waals surface area (Å²) in [5.41, 5.74) is 0.0523. The van der Waals surface area contributed by atoms with Gasteiger partial charge in [-0.2, -0.15) is 0 Å². The van der Waals surface area contributed by atoms with Gasteiger partial charge in [-0.25, -0.2) is 0 Å². The molecule has 1 rings (SSSR count). The van der Waals surface area contributed by atoms with E-state index in [1.807, 2.05) is 0 Å². The Morgan fingerprint density at radius 2 is 2.00 bits per heavy atom. The van der Waals surface area contributed by atoms with Gasteiger partial charge in [0.05, 0.1) is 13.0 Å². The highest BCUT2D eigenvalue weighted by Gasteiger charge is 2.21. The normalized spacial score (nSPS) is 18.1. The third-order valence-electron chi connectivity index (χ3n) is 2.38. The van der Waals surface area contributed by atoms with Gasteiger partial charge in [0.25, 0.3) is 0 Å². The molecule has 1 aliphatic rings. The van der Waals surface area contributed by atoms with Gasteiger partial charge in [-0.1, -0.05) is 27.2 Å². The molecule has 0 spiro atoms. The molecular formula is C11H20O2. The third kappa shape index (κ3) is 4.30. The van der Waals surface area contributed by atoms with Crippen LogP contribution in [0.3, 0.4) is 0 Å². The van der Waals surface area contributed by atoms with Crippen molar-refractivity contribution in [2.75, 3.05) is 6.61 Å². The first-order valence-electron chi connectivity index (χ1n) is 5.13. The molecule has 0 radical (unpaired) electrons. The van der Waals surface area contributed by atoms with Crippen molar-refractivity contribution >= 4 is 5.97 Å². The summed E-state index contributed by atoms with van der Waals surface area (Å²) in [6, 6.07) is 0. The highest BCUT2D eigenvalue weighted by atomic mass is 16.5. The van der Waals surface area contributed by atoms with Crippen LogP contribution < -0.4 is 0 Å². The molecule has 2 nitrogen and oxygen atoms in total. The van der Waals surface area contributed by atoms with Crippen LogP contribution >= 0.6 is 0 Å². The van der Waals surface area contributed by atoms with Crippen molar-refractivity contribution in [3.05, 3.63) is 0 Å². The molecule has 13 heavy (non-hydrogen) atoms. The van der Waals surface area contributed by atoms with E-state index in [4.69, 9.17) is 4.74 Å². The molecule has 0 bridgehead atoms. The number of carbonyl (C=O) groups excluding carboxylic acids is 1. The molecular weight excluding hydrogens is 164 g/mol. The van der Waals surface area contributed by atoms with Crippen molar-refractivity contribution in [3.8, 4) is 0 Å². The second-order valence-corrected chi connectivity index (χ2v) is 5.22. The Morgan fingerprint density at radius 3 is 2.38 bits per heavy atom. The fourth-order valence-corrected chi connectivity index (χ4v) is 1.35. The zero-order valence-electron chi connectivity index (χ0n) is 8.93. The average molecular weight is 184 g/mol. The van der Waals surface area contributed by atoms with E-state index in [-0.39, 0.29) is 11.4 Å². The standard InChI is InChI=1S/C11H20O2/c1-11(2,3)7-10(12)13-8-9-5-4-6-9/h9H,4-8H2,1-3H3. The maximum Gasteiger partial charge on any atom is 0.306 e. The monoisotopic (exact) mass is 184 g/mol. The van der Waals surface area contributed by atoms with Crippen LogP contribution in [0, 0.1) is 11.3 Å². The second kappa shape index (κ2) is 4.12. The number of hydrogen-bond donors (Lipinski definition) is 0. The molecule has 0 N–H and O–H groups in total. The van der Waals surface area contributed by atoms with Crippen LogP contribution in [0.1, 0.15) is 46.5 Å². The minimum Gasteiger partial charge on any atom is -0.465 e. The Morgan fingerprint density at radius 1 is 1.38 bits per heavy atom. The predicted octanol–water partition coefficient (Wildman–Crippen LogP) is 2.77. The minimum atomic E-state index is -0.0422. The predicted molar refractivity (Wildman–Crippen MR) is 52.4 cm³/mol. The highest BCUT2D eigenvalue weighted by molar-refractivity contribution is 5.70. The van der Waals surface area contributed by atoms with Gasteiger partial charge in [0.15, 0.2) is 0 Å². The zero-order valence-corrected chi connectivity index (χ0v) is 8.93. The molecule has 0 aromatic carbocycles. The number of esters is 1. The molecule has 2 heteroatoms. The molecule has 1 fully saturated rings. The first kappa shape index (κ1) is 10.6. The number of carbonyl (C=O) groups is 1. The van der Waals surface area contributed by atoms with E-state index in [2.05, 4.69) is 20.8 Å². The van der Waals surface area contributed by atoms with E-state index in [0.29, 0.717) is 18.9 Å². The fourth-order valence-electron chi connectivity index (χ4n) is 1.35. The van der Waals surface area contributed by atoms with Crippen molar-refractivity contribution in [2.45, 2.75) is 46.5 Å². The van der Waals surface area contributed by atoms with Crippen molar-refractivity contribution in [3.63, 3.8) is 0 Å². The Bertz CT molecular complexity index is 175. The van der Waals surface area contributed by atoms with E-state index in [0.717, 1.165) is 0 Å². The molecule has 1 saturated carbocycles. The first-order chi connectivity index (χ1) is 5.97. The van der Waals surface area contributed by atoms with Gasteiger partial charge in [-0.3, -0.25) is 4.79 Å². The SMILES string of the molecule is CC(C)(C)CC(=O)OCC1CCC1. The van der Waals surface area contributed by atoms with Crippen LogP contribution in [0.4, 0.5) is 0 Å². The first-order valence-corrected chi connectivity index (χ1v) is 5.13. The molecule has 0 aromatic heterocycles. The molecule has 1 aliphatic carbocycles. The Hall–Kier alpha value is -0.530. The van der Waals surface area contributed by atoms with Gasteiger partial charge in [0.2, 0.25) is 0 Å². The summed E-state index contributed by atoms with van der Waals surface area (Å²) in [7, 11) is 0. The quantitative estimate of drug-likeness (QED) is 0.630. The molecule has 0 aromatic rings. The van der Waals surface area contributed by atoms with E-state index < -0.39 is 0 Å². The van der Waals surface area contributed by atoms with Gasteiger partial charge in [-0.05, 0) is 24.2 Å². The number of rotatable bonds is 3. The lowest BCUT2D eigenvalue weighted by Gasteiger charge is -2.25. The summed E-state index contributed by atoms with van der Waals surface area (Å²) in [6.07, 6.45) is 4.31. The molecule has 0 saturated heterocycles. The lowest BCUT2D eigenvalue weighted by atomic mass is 9.86.